The van der Waals surface area contributed by atoms with E-state index in [-0.39, 0.29) is 11.3 Å². The summed E-state index contributed by atoms with van der Waals surface area (Å²) in [5, 5.41) is 26.5. The zero-order chi connectivity index (χ0) is 14.7. The average Bonchev–Trinajstić information content (AvgIpc) is 2.31. The maximum atomic E-state index is 10.1. The van der Waals surface area contributed by atoms with Crippen LogP contribution >= 0.6 is 0 Å². The third-order valence-corrected chi connectivity index (χ3v) is 2.02. The van der Waals surface area contributed by atoms with Crippen LogP contribution in [0, 0.1) is 10.1 Å². The van der Waals surface area contributed by atoms with Gasteiger partial charge in [-0.15, -0.1) is 4.99 Å². The summed E-state index contributed by atoms with van der Waals surface area (Å²) in [7, 11) is 0. The van der Waals surface area contributed by atoms with Gasteiger partial charge in [0.2, 0.25) is 5.96 Å². The van der Waals surface area contributed by atoms with Crippen LogP contribution in [-0.2, 0) is 0 Å². The second-order valence-corrected chi connectivity index (χ2v) is 3.58. The minimum Gasteiger partial charge on any atom is -0.390 e. The minimum absolute atomic E-state index is 0.103. The highest BCUT2D eigenvalue weighted by molar-refractivity contribution is 5.77. The summed E-state index contributed by atoms with van der Waals surface area (Å²) in [6, 6.07) is 0. The van der Waals surface area contributed by atoms with Gasteiger partial charge in [0.15, 0.2) is 0 Å². The highest BCUT2D eigenvalue weighted by Crippen LogP contribution is 2.00. The van der Waals surface area contributed by atoms with Crippen LogP contribution in [0.15, 0.2) is 9.98 Å². The van der Waals surface area contributed by atoms with Crippen LogP contribution in [0.4, 0.5) is 0 Å². The first-order valence-corrected chi connectivity index (χ1v) is 5.62. The smallest absolute Gasteiger partial charge is 0.390 e. The molecule has 0 aromatic rings. The molecule has 0 fully saturated rings. The van der Waals surface area contributed by atoms with Crippen molar-refractivity contribution in [1.82, 2.24) is 10.8 Å². The maximum Gasteiger partial charge on any atom is 0.420 e. The van der Waals surface area contributed by atoms with Crippen molar-refractivity contribution in [1.29, 1.82) is 0 Å². The van der Waals surface area contributed by atoms with Gasteiger partial charge in [0.25, 0.3) is 0 Å². The topological polar surface area (TPSA) is 176 Å². The number of hydrogen-bond donors (Lipinski definition) is 5. The second-order valence-electron chi connectivity index (χ2n) is 3.58. The Bertz CT molecular complexity index is 331. The largest absolute Gasteiger partial charge is 0.420 e. The molecule has 0 aliphatic rings. The fourth-order valence-corrected chi connectivity index (χ4v) is 1.17. The van der Waals surface area contributed by atoms with Gasteiger partial charge in [0, 0.05) is 11.9 Å². The summed E-state index contributed by atoms with van der Waals surface area (Å²) in [6.07, 6.45) is 3.15. The fourth-order valence-electron chi connectivity index (χ4n) is 1.17. The van der Waals surface area contributed by atoms with Crippen LogP contribution in [0.3, 0.4) is 0 Å². The van der Waals surface area contributed by atoms with Crippen molar-refractivity contribution < 1.29 is 15.3 Å². The fraction of sp³-hybridized carbons (Fsp3) is 0.750. The van der Waals surface area contributed by atoms with E-state index in [1.54, 1.807) is 0 Å². The third kappa shape index (κ3) is 10.9. The summed E-state index contributed by atoms with van der Waals surface area (Å²) in [6.45, 7) is 0.761. The second kappa shape index (κ2) is 9.99. The quantitative estimate of drug-likeness (QED) is 0.124. The van der Waals surface area contributed by atoms with E-state index in [1.807, 2.05) is 5.43 Å². The summed E-state index contributed by atoms with van der Waals surface area (Å²) in [5.74, 6) is -0.672. The standard InChI is InChI=1S/C8H19N7O4/c9-7(13-15(18)19)11-5-3-1-2-4-6-12-8(10)14(16)17/h18-19H,1-6H2,(H2,10,12)(H3,9,11,13). The van der Waals surface area contributed by atoms with Crippen LogP contribution < -0.4 is 16.9 Å². The molecule has 0 spiro atoms. The predicted molar refractivity (Wildman–Crippen MR) is 67.0 cm³/mol. The van der Waals surface area contributed by atoms with Crippen molar-refractivity contribution in [2.75, 3.05) is 13.1 Å². The zero-order valence-corrected chi connectivity index (χ0v) is 10.4. The molecule has 19 heavy (non-hydrogen) atoms. The number of hydrogen-bond acceptors (Lipinski definition) is 7. The number of rotatable bonds is 8. The maximum absolute atomic E-state index is 10.1. The Morgan fingerprint density at radius 3 is 2.16 bits per heavy atom. The lowest BCUT2D eigenvalue weighted by molar-refractivity contribution is -0.352. The first-order valence-electron chi connectivity index (χ1n) is 5.62. The van der Waals surface area contributed by atoms with Crippen molar-refractivity contribution in [3.63, 3.8) is 0 Å². The zero-order valence-electron chi connectivity index (χ0n) is 10.4. The van der Waals surface area contributed by atoms with Crippen molar-refractivity contribution in [2.45, 2.75) is 25.7 Å². The van der Waals surface area contributed by atoms with E-state index in [4.69, 9.17) is 21.9 Å². The van der Waals surface area contributed by atoms with Crippen molar-refractivity contribution in [3.05, 3.63) is 10.1 Å². The number of nitro groups is 1. The highest BCUT2D eigenvalue weighted by Gasteiger charge is 2.01. The number of nitrogens with zero attached hydrogens (tertiary/aromatic N) is 4. The van der Waals surface area contributed by atoms with Gasteiger partial charge in [-0.1, -0.05) is 12.8 Å². The first kappa shape index (κ1) is 17.0. The summed E-state index contributed by atoms with van der Waals surface area (Å²) >= 11 is 0. The Balaban J connectivity index is 3.51. The van der Waals surface area contributed by atoms with Gasteiger partial charge < -0.3 is 15.8 Å². The molecular formula is C8H19N7O4. The lowest BCUT2D eigenvalue weighted by atomic mass is 10.2. The molecule has 11 heteroatoms. The van der Waals surface area contributed by atoms with Crippen molar-refractivity contribution >= 4 is 11.9 Å². The van der Waals surface area contributed by atoms with Crippen LogP contribution in [0.1, 0.15) is 25.7 Å². The Kier molecular flexibility index (Phi) is 8.95. The van der Waals surface area contributed by atoms with Gasteiger partial charge in [0.1, 0.15) is 6.54 Å². The SMILES string of the molecule is NC(=NCCCCCCN=C(N)[N+](=O)[O-])NN(O)O. The Labute approximate surface area is 109 Å². The molecule has 0 bridgehead atoms. The average molecular weight is 277 g/mol. The molecule has 0 unspecified atom stereocenters. The van der Waals surface area contributed by atoms with E-state index in [2.05, 4.69) is 9.98 Å². The molecule has 110 valence electrons. The number of guanidine groups is 2. The number of nitrogens with two attached hydrogens (primary N) is 2. The first-order chi connectivity index (χ1) is 8.93. The van der Waals surface area contributed by atoms with Crippen LogP contribution in [-0.4, -0.2) is 45.7 Å². The van der Waals surface area contributed by atoms with Crippen molar-refractivity contribution in [3.8, 4) is 0 Å². The summed E-state index contributed by atoms with van der Waals surface area (Å²) in [4.78, 5) is 16.8. The molecular weight excluding hydrogens is 258 g/mol. The molecule has 0 rings (SSSR count). The number of hydrazine groups is 1. The molecule has 11 nitrogen and oxygen atoms in total. The molecule has 0 heterocycles. The van der Waals surface area contributed by atoms with E-state index < -0.39 is 10.9 Å². The Hall–Kier alpha value is -1.98. The molecule has 0 amide bonds. The molecule has 0 saturated carbocycles. The summed E-state index contributed by atoms with van der Waals surface area (Å²) in [5.41, 5.74) is 12.3. The van der Waals surface area contributed by atoms with Gasteiger partial charge in [-0.25, -0.2) is 5.43 Å². The van der Waals surface area contributed by atoms with Gasteiger partial charge in [-0.3, -0.25) is 21.1 Å². The monoisotopic (exact) mass is 277 g/mol. The number of aliphatic imine (C=N–C) groups is 2. The van der Waals surface area contributed by atoms with E-state index in [9.17, 15) is 10.1 Å². The highest BCUT2D eigenvalue weighted by atomic mass is 16.8. The van der Waals surface area contributed by atoms with E-state index in [1.165, 1.54) is 0 Å². The number of unbranched alkanes of at least 4 members (excludes halogenated alkanes) is 3. The van der Waals surface area contributed by atoms with E-state index >= 15 is 0 Å². The van der Waals surface area contributed by atoms with Crippen molar-refractivity contribution in [2.24, 2.45) is 21.5 Å². The molecule has 0 aliphatic carbocycles. The van der Waals surface area contributed by atoms with E-state index in [0.717, 1.165) is 19.3 Å². The van der Waals surface area contributed by atoms with Crippen LogP contribution in [0.5, 0.6) is 0 Å². The molecule has 0 aromatic carbocycles. The molecule has 0 radical (unpaired) electrons. The summed E-state index contributed by atoms with van der Waals surface area (Å²) < 4.78 is 0. The van der Waals surface area contributed by atoms with Crippen LogP contribution in [0.25, 0.3) is 0 Å². The lowest BCUT2D eigenvalue weighted by Crippen LogP contribution is -2.42. The van der Waals surface area contributed by atoms with Gasteiger partial charge in [0.05, 0.1) is 0 Å². The van der Waals surface area contributed by atoms with Gasteiger partial charge in [-0.05, 0) is 17.8 Å². The molecule has 7 N–H and O–H groups in total. The Morgan fingerprint density at radius 1 is 1.16 bits per heavy atom. The third-order valence-electron chi connectivity index (χ3n) is 2.02. The van der Waals surface area contributed by atoms with Crippen LogP contribution in [0.2, 0.25) is 0 Å². The predicted octanol–water partition coefficient (Wildman–Crippen LogP) is -0.962. The minimum atomic E-state index is -0.726. The number of nitrogens with one attached hydrogen (secondary N) is 1. The van der Waals surface area contributed by atoms with Gasteiger partial charge >= 0.3 is 5.96 Å². The molecule has 0 atom stereocenters. The van der Waals surface area contributed by atoms with Gasteiger partial charge in [-0.2, -0.15) is 0 Å². The Morgan fingerprint density at radius 2 is 1.68 bits per heavy atom. The lowest BCUT2D eigenvalue weighted by Gasteiger charge is -2.07. The molecule has 0 aromatic heterocycles. The molecule has 0 saturated heterocycles. The molecule has 0 aliphatic heterocycles. The van der Waals surface area contributed by atoms with E-state index in [0.29, 0.717) is 19.5 Å². The normalized spacial score (nSPS) is 12.8.